The molecule has 4 nitrogen and oxygen atoms in total. The number of carboxylic acid groups (broad SMARTS) is 1. The topological polar surface area (TPSA) is 53.4 Å². The molecule has 0 radical (unpaired) electrons. The molecule has 0 aliphatic carbocycles. The first-order valence-corrected chi connectivity index (χ1v) is 6.12. The van der Waals surface area contributed by atoms with E-state index >= 15 is 0 Å². The second-order valence-corrected chi connectivity index (χ2v) is 4.55. The third-order valence-electron chi connectivity index (χ3n) is 3.32. The highest BCUT2D eigenvalue weighted by Crippen LogP contribution is 2.25. The van der Waals surface area contributed by atoms with Crippen LogP contribution in [0.3, 0.4) is 0 Å². The summed E-state index contributed by atoms with van der Waals surface area (Å²) in [6, 6.07) is 3.80. The number of anilines is 1. The molecule has 92 valence electrons. The summed E-state index contributed by atoms with van der Waals surface area (Å²) in [6.07, 6.45) is 3.07. The molecule has 1 fully saturated rings. The summed E-state index contributed by atoms with van der Waals surface area (Å²) in [5.74, 6) is -0.0676. The Hall–Kier alpha value is -1.58. The molecule has 1 aromatic heterocycles. The number of carbonyl (C=O) groups is 1. The maximum Gasteiger partial charge on any atom is 0.335 e. The first kappa shape index (κ1) is 11.9. The minimum absolute atomic E-state index is 0.339. The van der Waals surface area contributed by atoms with Gasteiger partial charge >= 0.3 is 5.97 Å². The molecule has 1 aliphatic heterocycles. The van der Waals surface area contributed by atoms with E-state index in [0.29, 0.717) is 11.6 Å². The van der Waals surface area contributed by atoms with E-state index in [9.17, 15) is 4.79 Å². The van der Waals surface area contributed by atoms with Crippen molar-refractivity contribution >= 4 is 11.8 Å². The predicted octanol–water partition coefficient (Wildman–Crippen LogP) is 2.33. The number of aromatic carboxylic acids is 1. The van der Waals surface area contributed by atoms with Crippen LogP contribution in [0.5, 0.6) is 0 Å². The molecular formula is C13H18N2O2. The molecule has 0 bridgehead atoms. The minimum atomic E-state index is -0.879. The van der Waals surface area contributed by atoms with Crippen LogP contribution >= 0.6 is 0 Å². The summed E-state index contributed by atoms with van der Waals surface area (Å²) >= 11 is 0. The maximum absolute atomic E-state index is 11.1. The summed E-state index contributed by atoms with van der Waals surface area (Å²) in [4.78, 5) is 17.8. The van der Waals surface area contributed by atoms with Gasteiger partial charge in [0.2, 0.25) is 0 Å². The Balaban J connectivity index is 2.38. The van der Waals surface area contributed by atoms with Crippen molar-refractivity contribution in [2.45, 2.75) is 39.2 Å². The molecule has 1 N–H and O–H groups in total. The number of rotatable bonds is 3. The second kappa shape index (κ2) is 4.73. The van der Waals surface area contributed by atoms with Crippen LogP contribution < -0.4 is 4.90 Å². The Labute approximate surface area is 101 Å². The summed E-state index contributed by atoms with van der Waals surface area (Å²) in [5.41, 5.74) is 1.19. The van der Waals surface area contributed by atoms with Crippen LogP contribution in [0.1, 0.15) is 42.7 Å². The molecule has 1 atom stereocenters. The van der Waals surface area contributed by atoms with Gasteiger partial charge in [0.25, 0.3) is 0 Å². The zero-order chi connectivity index (χ0) is 12.4. The van der Waals surface area contributed by atoms with Crippen LogP contribution in [0.15, 0.2) is 12.1 Å². The van der Waals surface area contributed by atoms with Gasteiger partial charge in [-0.2, -0.15) is 0 Å². The lowest BCUT2D eigenvalue weighted by molar-refractivity contribution is 0.0696. The van der Waals surface area contributed by atoms with Crippen LogP contribution in [-0.2, 0) is 6.42 Å². The summed E-state index contributed by atoms with van der Waals surface area (Å²) < 4.78 is 0. The first-order chi connectivity index (χ1) is 8.11. The van der Waals surface area contributed by atoms with Gasteiger partial charge in [-0.25, -0.2) is 9.78 Å². The molecule has 1 aromatic rings. The van der Waals surface area contributed by atoms with Crippen LogP contribution in [0, 0.1) is 0 Å². The monoisotopic (exact) mass is 234 g/mol. The van der Waals surface area contributed by atoms with Gasteiger partial charge in [0.05, 0.1) is 5.56 Å². The van der Waals surface area contributed by atoms with E-state index in [0.717, 1.165) is 37.3 Å². The lowest BCUT2D eigenvalue weighted by Crippen LogP contribution is -2.27. The molecule has 2 rings (SSSR count). The SMILES string of the molecule is CCc1cc(C(=O)O)cc(N2CCCC2C)n1. The normalized spacial score (nSPS) is 19.6. The van der Waals surface area contributed by atoms with Gasteiger partial charge in [-0.3, -0.25) is 0 Å². The van der Waals surface area contributed by atoms with Crippen molar-refractivity contribution in [2.75, 3.05) is 11.4 Å². The highest BCUT2D eigenvalue weighted by Gasteiger charge is 2.22. The summed E-state index contributed by atoms with van der Waals surface area (Å²) in [5, 5.41) is 9.09. The lowest BCUT2D eigenvalue weighted by Gasteiger charge is -2.23. The van der Waals surface area contributed by atoms with Gasteiger partial charge in [-0.15, -0.1) is 0 Å². The summed E-state index contributed by atoms with van der Waals surface area (Å²) in [6.45, 7) is 5.12. The molecule has 0 spiro atoms. The quantitative estimate of drug-likeness (QED) is 0.872. The van der Waals surface area contributed by atoms with E-state index in [1.807, 2.05) is 6.92 Å². The Morgan fingerprint density at radius 3 is 2.88 bits per heavy atom. The molecule has 1 aliphatic rings. The van der Waals surface area contributed by atoms with Crippen molar-refractivity contribution in [1.29, 1.82) is 0 Å². The van der Waals surface area contributed by atoms with E-state index < -0.39 is 5.97 Å². The second-order valence-electron chi connectivity index (χ2n) is 4.55. The number of carboxylic acids is 1. The van der Waals surface area contributed by atoms with Crippen molar-refractivity contribution in [1.82, 2.24) is 4.98 Å². The molecule has 4 heteroatoms. The first-order valence-electron chi connectivity index (χ1n) is 6.12. The van der Waals surface area contributed by atoms with E-state index in [2.05, 4.69) is 16.8 Å². The van der Waals surface area contributed by atoms with Crippen molar-refractivity contribution in [3.8, 4) is 0 Å². The van der Waals surface area contributed by atoms with Crippen molar-refractivity contribution in [3.63, 3.8) is 0 Å². The zero-order valence-corrected chi connectivity index (χ0v) is 10.3. The molecule has 0 amide bonds. The average Bonchev–Trinajstić information content (AvgIpc) is 2.74. The molecule has 0 aromatic carbocycles. The fourth-order valence-corrected chi connectivity index (χ4v) is 2.30. The number of hydrogen-bond acceptors (Lipinski definition) is 3. The van der Waals surface area contributed by atoms with E-state index in [1.54, 1.807) is 12.1 Å². The molecule has 1 saturated heterocycles. The Kier molecular flexibility index (Phi) is 3.31. The number of pyridine rings is 1. The molecule has 17 heavy (non-hydrogen) atoms. The Morgan fingerprint density at radius 1 is 1.59 bits per heavy atom. The number of aryl methyl sites for hydroxylation is 1. The van der Waals surface area contributed by atoms with Gasteiger partial charge in [-0.05, 0) is 38.3 Å². The highest BCUT2D eigenvalue weighted by molar-refractivity contribution is 5.88. The van der Waals surface area contributed by atoms with E-state index in [4.69, 9.17) is 5.11 Å². The highest BCUT2D eigenvalue weighted by atomic mass is 16.4. The average molecular weight is 234 g/mol. The number of aromatic nitrogens is 1. The number of nitrogens with zero attached hydrogens (tertiary/aromatic N) is 2. The smallest absolute Gasteiger partial charge is 0.335 e. The standard InChI is InChI=1S/C13H18N2O2/c1-3-11-7-10(13(16)17)8-12(14-11)15-6-4-5-9(15)2/h7-9H,3-6H2,1-2H3,(H,16,17). The van der Waals surface area contributed by atoms with Crippen LogP contribution in [0.25, 0.3) is 0 Å². The Bertz CT molecular complexity index is 431. The van der Waals surface area contributed by atoms with Crippen LogP contribution in [0.2, 0.25) is 0 Å². The summed E-state index contributed by atoms with van der Waals surface area (Å²) in [7, 11) is 0. The van der Waals surface area contributed by atoms with Gasteiger partial charge in [0.15, 0.2) is 0 Å². The molecule has 0 saturated carbocycles. The fourth-order valence-electron chi connectivity index (χ4n) is 2.30. The van der Waals surface area contributed by atoms with Gasteiger partial charge in [-0.1, -0.05) is 6.92 Å². The maximum atomic E-state index is 11.1. The largest absolute Gasteiger partial charge is 0.478 e. The predicted molar refractivity (Wildman–Crippen MR) is 66.6 cm³/mol. The van der Waals surface area contributed by atoms with E-state index in [1.165, 1.54) is 0 Å². The fraction of sp³-hybridized carbons (Fsp3) is 0.538. The third-order valence-corrected chi connectivity index (χ3v) is 3.32. The molecular weight excluding hydrogens is 216 g/mol. The zero-order valence-electron chi connectivity index (χ0n) is 10.3. The third kappa shape index (κ3) is 2.40. The minimum Gasteiger partial charge on any atom is -0.478 e. The van der Waals surface area contributed by atoms with Crippen LogP contribution in [-0.4, -0.2) is 28.6 Å². The van der Waals surface area contributed by atoms with Gasteiger partial charge < -0.3 is 10.0 Å². The number of hydrogen-bond donors (Lipinski definition) is 1. The van der Waals surface area contributed by atoms with Crippen molar-refractivity contribution in [2.24, 2.45) is 0 Å². The lowest BCUT2D eigenvalue weighted by atomic mass is 10.2. The van der Waals surface area contributed by atoms with Crippen molar-refractivity contribution in [3.05, 3.63) is 23.4 Å². The van der Waals surface area contributed by atoms with Crippen molar-refractivity contribution < 1.29 is 9.90 Å². The van der Waals surface area contributed by atoms with Gasteiger partial charge in [0, 0.05) is 18.3 Å². The van der Waals surface area contributed by atoms with E-state index in [-0.39, 0.29) is 0 Å². The molecule has 2 heterocycles. The van der Waals surface area contributed by atoms with Crippen LogP contribution in [0.4, 0.5) is 5.82 Å². The Morgan fingerprint density at radius 2 is 2.35 bits per heavy atom. The molecule has 1 unspecified atom stereocenters. The van der Waals surface area contributed by atoms with Gasteiger partial charge in [0.1, 0.15) is 5.82 Å².